The van der Waals surface area contributed by atoms with Crippen molar-refractivity contribution in [3.05, 3.63) is 34.9 Å². The maximum Gasteiger partial charge on any atom is 0.223 e. The van der Waals surface area contributed by atoms with Gasteiger partial charge in [-0.15, -0.1) is 0 Å². The average Bonchev–Trinajstić information content (AvgIpc) is 3.10. The van der Waals surface area contributed by atoms with Gasteiger partial charge in [0.2, 0.25) is 5.91 Å². The molecular weight excluding hydrogens is 210 g/mol. The second-order valence-electron chi connectivity index (χ2n) is 5.10. The van der Waals surface area contributed by atoms with Gasteiger partial charge < -0.3 is 5.32 Å². The molecule has 0 spiro atoms. The van der Waals surface area contributed by atoms with Crippen LogP contribution in [0.15, 0.2) is 18.2 Å². The number of hydrogen-bond donors (Lipinski definition) is 1. The van der Waals surface area contributed by atoms with Crippen molar-refractivity contribution in [1.29, 1.82) is 0 Å². The van der Waals surface area contributed by atoms with Crippen LogP contribution in [0.5, 0.6) is 0 Å². The zero-order valence-electron chi connectivity index (χ0n) is 10.9. The fourth-order valence-corrected chi connectivity index (χ4v) is 2.25. The molecule has 0 unspecified atom stereocenters. The molecule has 1 aromatic carbocycles. The van der Waals surface area contributed by atoms with E-state index in [1.54, 1.807) is 0 Å². The molecule has 2 rings (SSSR count). The van der Waals surface area contributed by atoms with E-state index in [0.29, 0.717) is 0 Å². The van der Waals surface area contributed by atoms with Crippen molar-refractivity contribution in [2.75, 3.05) is 0 Å². The molecule has 1 aromatic rings. The number of amides is 1. The molecule has 1 aliphatic rings. The normalized spacial score (nSPS) is 16.6. The smallest absolute Gasteiger partial charge is 0.223 e. The Hall–Kier alpha value is -1.31. The van der Waals surface area contributed by atoms with Gasteiger partial charge in [-0.25, -0.2) is 0 Å². The van der Waals surface area contributed by atoms with Crippen LogP contribution in [-0.4, -0.2) is 5.91 Å². The minimum absolute atomic E-state index is 0.170. The Kier molecular flexibility index (Phi) is 3.51. The van der Waals surface area contributed by atoms with Crippen molar-refractivity contribution in [2.45, 2.75) is 46.1 Å². The first-order valence-corrected chi connectivity index (χ1v) is 6.49. The van der Waals surface area contributed by atoms with Gasteiger partial charge in [0.05, 0.1) is 6.04 Å². The van der Waals surface area contributed by atoms with Crippen LogP contribution in [0, 0.1) is 19.8 Å². The SMILES string of the molecule is CC[C@H](NC(=O)C1CC1)c1ccc(C)cc1C. The molecule has 2 nitrogen and oxygen atoms in total. The summed E-state index contributed by atoms with van der Waals surface area (Å²) in [6, 6.07) is 6.62. The Morgan fingerprint density at radius 2 is 2.12 bits per heavy atom. The number of carbonyl (C=O) groups is 1. The second-order valence-corrected chi connectivity index (χ2v) is 5.10. The maximum absolute atomic E-state index is 11.8. The summed E-state index contributed by atoms with van der Waals surface area (Å²) in [6.45, 7) is 6.34. The highest BCUT2D eigenvalue weighted by Crippen LogP contribution is 2.30. The number of hydrogen-bond acceptors (Lipinski definition) is 1. The third-order valence-electron chi connectivity index (χ3n) is 3.47. The van der Waals surface area contributed by atoms with Crippen molar-refractivity contribution >= 4 is 5.91 Å². The van der Waals surface area contributed by atoms with E-state index < -0.39 is 0 Å². The van der Waals surface area contributed by atoms with E-state index >= 15 is 0 Å². The van der Waals surface area contributed by atoms with E-state index in [2.05, 4.69) is 44.3 Å². The maximum atomic E-state index is 11.8. The molecule has 0 aliphatic heterocycles. The Morgan fingerprint density at radius 3 is 2.65 bits per heavy atom. The highest BCUT2D eigenvalue weighted by molar-refractivity contribution is 5.81. The van der Waals surface area contributed by atoms with E-state index in [0.717, 1.165) is 19.3 Å². The van der Waals surface area contributed by atoms with Gasteiger partial charge in [-0.3, -0.25) is 4.79 Å². The van der Waals surface area contributed by atoms with Crippen LogP contribution in [0.1, 0.15) is 48.9 Å². The van der Waals surface area contributed by atoms with Crippen LogP contribution in [0.2, 0.25) is 0 Å². The van der Waals surface area contributed by atoms with Crippen LogP contribution in [0.25, 0.3) is 0 Å². The van der Waals surface area contributed by atoms with Gasteiger partial charge in [-0.05, 0) is 44.2 Å². The number of rotatable bonds is 4. The summed E-state index contributed by atoms with van der Waals surface area (Å²) in [5, 5.41) is 3.17. The lowest BCUT2D eigenvalue weighted by atomic mass is 9.97. The summed E-state index contributed by atoms with van der Waals surface area (Å²) in [5.41, 5.74) is 3.80. The predicted molar refractivity (Wildman–Crippen MR) is 69.8 cm³/mol. The lowest BCUT2D eigenvalue weighted by Crippen LogP contribution is -2.29. The van der Waals surface area contributed by atoms with Crippen LogP contribution < -0.4 is 5.32 Å². The summed E-state index contributed by atoms with van der Waals surface area (Å²) in [7, 11) is 0. The lowest BCUT2D eigenvalue weighted by molar-refractivity contribution is -0.123. The van der Waals surface area contributed by atoms with Gasteiger partial charge in [0, 0.05) is 5.92 Å². The molecule has 1 aliphatic carbocycles. The lowest BCUT2D eigenvalue weighted by Gasteiger charge is -2.20. The Balaban J connectivity index is 2.13. The minimum Gasteiger partial charge on any atom is -0.349 e. The van der Waals surface area contributed by atoms with E-state index in [1.807, 2.05) is 0 Å². The minimum atomic E-state index is 0.170. The standard InChI is InChI=1S/C15H21NO/c1-4-14(16-15(17)12-6-7-12)13-8-5-10(2)9-11(13)3/h5,8-9,12,14H,4,6-7H2,1-3H3,(H,16,17)/t14-/m0/s1. The van der Waals surface area contributed by atoms with Crippen molar-refractivity contribution < 1.29 is 4.79 Å². The first-order valence-electron chi connectivity index (χ1n) is 6.49. The van der Waals surface area contributed by atoms with E-state index in [4.69, 9.17) is 0 Å². The van der Waals surface area contributed by atoms with E-state index in [1.165, 1.54) is 16.7 Å². The molecule has 92 valence electrons. The van der Waals surface area contributed by atoms with Crippen molar-refractivity contribution in [1.82, 2.24) is 5.32 Å². The summed E-state index contributed by atoms with van der Waals surface area (Å²) in [4.78, 5) is 11.8. The Morgan fingerprint density at radius 1 is 1.41 bits per heavy atom. The first kappa shape index (κ1) is 12.2. The summed E-state index contributed by atoms with van der Waals surface area (Å²) >= 11 is 0. The molecule has 1 atom stereocenters. The van der Waals surface area contributed by atoms with Gasteiger partial charge in [0.1, 0.15) is 0 Å². The predicted octanol–water partition coefficient (Wildman–Crippen LogP) is 3.28. The largest absolute Gasteiger partial charge is 0.349 e. The van der Waals surface area contributed by atoms with Crippen LogP contribution >= 0.6 is 0 Å². The number of benzene rings is 1. The highest BCUT2D eigenvalue weighted by Gasteiger charge is 2.31. The fraction of sp³-hybridized carbons (Fsp3) is 0.533. The van der Waals surface area contributed by atoms with Gasteiger partial charge in [0.15, 0.2) is 0 Å². The van der Waals surface area contributed by atoms with Crippen LogP contribution in [0.3, 0.4) is 0 Å². The Labute approximate surface area is 103 Å². The summed E-state index contributed by atoms with van der Waals surface area (Å²) < 4.78 is 0. The molecule has 0 heterocycles. The monoisotopic (exact) mass is 231 g/mol. The zero-order chi connectivity index (χ0) is 12.4. The molecule has 1 fully saturated rings. The van der Waals surface area contributed by atoms with Gasteiger partial charge in [-0.1, -0.05) is 30.7 Å². The quantitative estimate of drug-likeness (QED) is 0.846. The third kappa shape index (κ3) is 2.87. The zero-order valence-corrected chi connectivity index (χ0v) is 10.9. The fourth-order valence-electron chi connectivity index (χ4n) is 2.25. The molecule has 1 amide bonds. The highest BCUT2D eigenvalue weighted by atomic mass is 16.2. The molecular formula is C15H21NO. The van der Waals surface area contributed by atoms with Crippen LogP contribution in [-0.2, 0) is 4.79 Å². The molecule has 0 aromatic heterocycles. The Bertz CT molecular complexity index is 421. The van der Waals surface area contributed by atoms with Crippen molar-refractivity contribution in [3.63, 3.8) is 0 Å². The third-order valence-corrected chi connectivity index (χ3v) is 3.47. The van der Waals surface area contributed by atoms with Crippen molar-refractivity contribution in [2.24, 2.45) is 5.92 Å². The molecule has 0 saturated heterocycles. The molecule has 0 radical (unpaired) electrons. The van der Waals surface area contributed by atoms with Crippen LogP contribution in [0.4, 0.5) is 0 Å². The average molecular weight is 231 g/mol. The molecule has 0 bridgehead atoms. The van der Waals surface area contributed by atoms with Gasteiger partial charge >= 0.3 is 0 Å². The summed E-state index contributed by atoms with van der Waals surface area (Å²) in [5.74, 6) is 0.520. The van der Waals surface area contributed by atoms with E-state index in [9.17, 15) is 4.79 Å². The first-order chi connectivity index (χ1) is 8.11. The summed E-state index contributed by atoms with van der Waals surface area (Å²) in [6.07, 6.45) is 3.08. The molecule has 2 heteroatoms. The van der Waals surface area contributed by atoms with E-state index in [-0.39, 0.29) is 17.9 Å². The van der Waals surface area contributed by atoms with Crippen molar-refractivity contribution in [3.8, 4) is 0 Å². The molecule has 1 saturated carbocycles. The number of aryl methyl sites for hydroxylation is 2. The number of nitrogens with one attached hydrogen (secondary N) is 1. The molecule has 17 heavy (non-hydrogen) atoms. The topological polar surface area (TPSA) is 29.1 Å². The van der Waals surface area contributed by atoms with Gasteiger partial charge in [0.25, 0.3) is 0 Å². The number of carbonyl (C=O) groups excluding carboxylic acids is 1. The molecule has 1 N–H and O–H groups in total. The van der Waals surface area contributed by atoms with Gasteiger partial charge in [-0.2, -0.15) is 0 Å². The second kappa shape index (κ2) is 4.91.